The highest BCUT2D eigenvalue weighted by atomic mass is 19.1. The summed E-state index contributed by atoms with van der Waals surface area (Å²) in [5.74, 6) is -0.186. The van der Waals surface area contributed by atoms with E-state index in [4.69, 9.17) is 15.6 Å². The van der Waals surface area contributed by atoms with E-state index in [1.165, 1.54) is 6.33 Å². The monoisotopic (exact) mass is 301 g/mol. The average molecular weight is 301 g/mol. The van der Waals surface area contributed by atoms with Crippen molar-refractivity contribution in [2.45, 2.75) is 31.0 Å². The van der Waals surface area contributed by atoms with Gasteiger partial charge in [-0.1, -0.05) is 0 Å². The number of fused-ring (bicyclic) bond motifs is 1. The maximum absolute atomic E-state index is 14.7. The molecule has 2 aromatic rings. The summed E-state index contributed by atoms with van der Waals surface area (Å²) in [6.07, 6.45) is -3.90. The SMILES string of the molecule is C[C@]1(F)C(n2cnc3c(N)nc(F)nc32)O[C@H](CO)[C@H]1O. The maximum atomic E-state index is 14.7. The van der Waals surface area contributed by atoms with Gasteiger partial charge in [0.05, 0.1) is 12.9 Å². The molecule has 0 radical (unpaired) electrons. The number of ether oxygens (including phenoxy) is 1. The first kappa shape index (κ1) is 14.0. The number of aliphatic hydroxyl groups excluding tert-OH is 2. The lowest BCUT2D eigenvalue weighted by atomic mass is 9.98. The zero-order valence-corrected chi connectivity index (χ0v) is 10.9. The first-order valence-electron chi connectivity index (χ1n) is 6.15. The molecule has 0 bridgehead atoms. The van der Waals surface area contributed by atoms with Gasteiger partial charge in [-0.2, -0.15) is 14.4 Å². The molecule has 1 unspecified atom stereocenters. The third kappa shape index (κ3) is 1.94. The molecule has 4 atom stereocenters. The van der Waals surface area contributed by atoms with Crippen molar-refractivity contribution < 1.29 is 23.7 Å². The van der Waals surface area contributed by atoms with Crippen molar-refractivity contribution in [3.05, 3.63) is 12.4 Å². The Hall–Kier alpha value is -1.91. The molecule has 0 saturated carbocycles. The van der Waals surface area contributed by atoms with Crippen LogP contribution in [0, 0.1) is 6.08 Å². The van der Waals surface area contributed by atoms with Crippen molar-refractivity contribution in [3.63, 3.8) is 0 Å². The lowest BCUT2D eigenvalue weighted by molar-refractivity contribution is -0.0567. The van der Waals surface area contributed by atoms with Crippen LogP contribution in [0.3, 0.4) is 0 Å². The van der Waals surface area contributed by atoms with E-state index in [0.29, 0.717) is 0 Å². The predicted octanol–water partition coefficient (Wildman–Crippen LogP) is -0.474. The van der Waals surface area contributed by atoms with Gasteiger partial charge in [-0.05, 0) is 6.92 Å². The normalized spacial score (nSPS) is 32.9. The molecular formula is C11H13F2N5O3. The van der Waals surface area contributed by atoms with Crippen molar-refractivity contribution in [2.24, 2.45) is 0 Å². The van der Waals surface area contributed by atoms with Crippen molar-refractivity contribution in [1.29, 1.82) is 0 Å². The van der Waals surface area contributed by atoms with Gasteiger partial charge in [0.15, 0.2) is 28.9 Å². The molecule has 0 aromatic carbocycles. The van der Waals surface area contributed by atoms with Crippen LogP contribution >= 0.6 is 0 Å². The second-order valence-electron chi connectivity index (χ2n) is 5.01. The van der Waals surface area contributed by atoms with Crippen LogP contribution in [0.4, 0.5) is 14.6 Å². The molecule has 3 rings (SSSR count). The second-order valence-corrected chi connectivity index (χ2v) is 5.01. The minimum atomic E-state index is -2.22. The van der Waals surface area contributed by atoms with E-state index < -0.39 is 36.8 Å². The van der Waals surface area contributed by atoms with Crippen LogP contribution in [-0.4, -0.2) is 54.2 Å². The molecule has 3 heterocycles. The number of rotatable bonds is 2. The van der Waals surface area contributed by atoms with Crippen LogP contribution in [0.15, 0.2) is 6.33 Å². The number of imidazole rings is 1. The van der Waals surface area contributed by atoms with Gasteiger partial charge in [0, 0.05) is 0 Å². The molecular weight excluding hydrogens is 288 g/mol. The summed E-state index contributed by atoms with van der Waals surface area (Å²) < 4.78 is 34.4. The van der Waals surface area contributed by atoms with Crippen LogP contribution in [0.2, 0.25) is 0 Å². The first-order chi connectivity index (χ1) is 9.86. The molecule has 0 aliphatic carbocycles. The Morgan fingerprint density at radius 2 is 2.24 bits per heavy atom. The van der Waals surface area contributed by atoms with Gasteiger partial charge in [-0.3, -0.25) is 4.57 Å². The van der Waals surface area contributed by atoms with E-state index in [1.54, 1.807) is 0 Å². The third-order valence-electron chi connectivity index (χ3n) is 3.57. The molecule has 114 valence electrons. The number of nitrogen functional groups attached to an aromatic ring is 1. The van der Waals surface area contributed by atoms with E-state index in [1.807, 2.05) is 0 Å². The zero-order chi connectivity index (χ0) is 15.4. The Kier molecular flexibility index (Phi) is 3.04. The van der Waals surface area contributed by atoms with E-state index in [0.717, 1.165) is 11.5 Å². The molecule has 0 amide bonds. The highest BCUT2D eigenvalue weighted by molar-refractivity contribution is 5.81. The predicted molar refractivity (Wildman–Crippen MR) is 66.2 cm³/mol. The lowest BCUT2D eigenvalue weighted by Crippen LogP contribution is -2.40. The van der Waals surface area contributed by atoms with E-state index in [2.05, 4.69) is 15.0 Å². The molecule has 4 N–H and O–H groups in total. The fraction of sp³-hybridized carbons (Fsp3) is 0.545. The van der Waals surface area contributed by atoms with Gasteiger partial charge in [-0.25, -0.2) is 9.37 Å². The fourth-order valence-electron chi connectivity index (χ4n) is 2.45. The van der Waals surface area contributed by atoms with Gasteiger partial charge >= 0.3 is 6.08 Å². The maximum Gasteiger partial charge on any atom is 0.312 e. The zero-order valence-electron chi connectivity index (χ0n) is 10.9. The summed E-state index contributed by atoms with van der Waals surface area (Å²) in [6, 6.07) is 0. The molecule has 8 nitrogen and oxygen atoms in total. The van der Waals surface area contributed by atoms with Crippen molar-refractivity contribution in [2.75, 3.05) is 12.3 Å². The van der Waals surface area contributed by atoms with Gasteiger partial charge < -0.3 is 20.7 Å². The number of anilines is 1. The minimum Gasteiger partial charge on any atom is -0.394 e. The quantitative estimate of drug-likeness (QED) is 0.641. The number of nitrogens with zero attached hydrogens (tertiary/aromatic N) is 4. The first-order valence-corrected chi connectivity index (χ1v) is 6.15. The van der Waals surface area contributed by atoms with Crippen LogP contribution in [0.1, 0.15) is 13.2 Å². The summed E-state index contributed by atoms with van der Waals surface area (Å²) in [6.45, 7) is 0.556. The summed E-state index contributed by atoms with van der Waals surface area (Å²) >= 11 is 0. The molecule has 0 spiro atoms. The van der Waals surface area contributed by atoms with Crippen molar-refractivity contribution in [3.8, 4) is 0 Å². The molecule has 1 fully saturated rings. The molecule has 10 heteroatoms. The van der Waals surface area contributed by atoms with E-state index in [-0.39, 0.29) is 17.0 Å². The summed E-state index contributed by atoms with van der Waals surface area (Å²) in [5.41, 5.74) is 3.34. The third-order valence-corrected chi connectivity index (χ3v) is 3.57. The molecule has 2 aromatic heterocycles. The Balaban J connectivity index is 2.13. The Labute approximate surface area is 117 Å². The van der Waals surface area contributed by atoms with Crippen LogP contribution in [0.5, 0.6) is 0 Å². The van der Waals surface area contributed by atoms with E-state index in [9.17, 15) is 13.9 Å². The molecule has 1 aliphatic rings. The van der Waals surface area contributed by atoms with Crippen LogP contribution in [0.25, 0.3) is 11.2 Å². The number of nitrogens with two attached hydrogens (primary N) is 1. The fourth-order valence-corrected chi connectivity index (χ4v) is 2.45. The highest BCUT2D eigenvalue weighted by Crippen LogP contribution is 2.42. The number of hydrogen-bond donors (Lipinski definition) is 3. The van der Waals surface area contributed by atoms with E-state index >= 15 is 0 Å². The summed E-state index contributed by atoms with van der Waals surface area (Å²) in [5, 5.41) is 18.9. The number of aliphatic hydroxyl groups is 2. The Bertz CT molecular complexity index is 692. The van der Waals surface area contributed by atoms with Crippen molar-refractivity contribution >= 4 is 17.0 Å². The second kappa shape index (κ2) is 4.55. The van der Waals surface area contributed by atoms with Crippen LogP contribution < -0.4 is 5.73 Å². The lowest BCUT2D eigenvalue weighted by Gasteiger charge is -2.24. The number of alkyl halides is 1. The number of aromatic nitrogens is 4. The summed E-state index contributed by atoms with van der Waals surface area (Å²) in [7, 11) is 0. The summed E-state index contributed by atoms with van der Waals surface area (Å²) in [4.78, 5) is 10.8. The van der Waals surface area contributed by atoms with Crippen LogP contribution in [-0.2, 0) is 4.74 Å². The molecule has 1 saturated heterocycles. The average Bonchev–Trinajstić information content (AvgIpc) is 2.91. The largest absolute Gasteiger partial charge is 0.394 e. The number of halogens is 2. The minimum absolute atomic E-state index is 0.0559. The smallest absolute Gasteiger partial charge is 0.312 e. The number of hydrogen-bond acceptors (Lipinski definition) is 7. The molecule has 21 heavy (non-hydrogen) atoms. The van der Waals surface area contributed by atoms with Crippen molar-refractivity contribution in [1.82, 2.24) is 19.5 Å². The van der Waals surface area contributed by atoms with Gasteiger partial charge in [0.25, 0.3) is 0 Å². The molecule has 1 aliphatic heterocycles. The Morgan fingerprint density at radius 3 is 2.86 bits per heavy atom. The highest BCUT2D eigenvalue weighted by Gasteiger charge is 2.55. The standard InChI is InChI=1S/C11H13F2N5O3/c1-11(13)6(20)4(2-19)21-9(11)18-3-15-5-7(14)16-10(12)17-8(5)18/h3-4,6,9,19-20H,2H2,1H3,(H2,14,16,17)/t4-,6-,9?,11-/m1/s1. The van der Waals surface area contributed by atoms with Gasteiger partial charge in [-0.15, -0.1) is 0 Å². The van der Waals surface area contributed by atoms with Gasteiger partial charge in [0.1, 0.15) is 12.2 Å². The topological polar surface area (TPSA) is 119 Å². The Morgan fingerprint density at radius 1 is 1.52 bits per heavy atom. The van der Waals surface area contributed by atoms with Gasteiger partial charge in [0.2, 0.25) is 0 Å².